The summed E-state index contributed by atoms with van der Waals surface area (Å²) in [7, 11) is 3.87. The van der Waals surface area contributed by atoms with Gasteiger partial charge < -0.3 is 14.5 Å². The zero-order chi connectivity index (χ0) is 26.0. The number of ketones is 1. The Hall–Kier alpha value is -3.41. The van der Waals surface area contributed by atoms with E-state index >= 15 is 0 Å². The average Bonchev–Trinajstić information content (AvgIpc) is 3.22. The molecular formula is C24H29F3N6O3. The number of urea groups is 1. The van der Waals surface area contributed by atoms with Crippen LogP contribution in [0.25, 0.3) is 0 Å². The van der Waals surface area contributed by atoms with Gasteiger partial charge in [0.1, 0.15) is 23.9 Å². The van der Waals surface area contributed by atoms with Crippen molar-refractivity contribution >= 4 is 29.1 Å². The molecule has 2 bridgehead atoms. The Morgan fingerprint density at radius 1 is 1.28 bits per heavy atom. The predicted molar refractivity (Wildman–Crippen MR) is 129 cm³/mol. The fourth-order valence-electron chi connectivity index (χ4n) is 4.21. The number of anilines is 3. The van der Waals surface area contributed by atoms with Crippen LogP contribution in [0, 0.1) is 5.92 Å². The number of likely N-dealkylation sites (N-methyl/N-ethyl adjacent to an activating group) is 1. The molecule has 4 rings (SSSR count). The van der Waals surface area contributed by atoms with Crippen molar-refractivity contribution in [1.82, 2.24) is 14.9 Å². The fraction of sp³-hybridized carbons (Fsp3) is 0.500. The highest BCUT2D eigenvalue weighted by Crippen LogP contribution is 2.39. The molecule has 1 saturated heterocycles. The Kier molecular flexibility index (Phi) is 7.34. The van der Waals surface area contributed by atoms with Crippen LogP contribution in [0.5, 0.6) is 5.75 Å². The van der Waals surface area contributed by atoms with Gasteiger partial charge in [-0.05, 0) is 38.7 Å². The van der Waals surface area contributed by atoms with Gasteiger partial charge in [-0.25, -0.2) is 14.8 Å². The van der Waals surface area contributed by atoms with E-state index in [1.165, 1.54) is 17.2 Å². The molecule has 2 atom stereocenters. The Balaban J connectivity index is 1.54. The number of pyridine rings is 2. The standard InChI is InChI=1S/C24H29F3N6O3/c1-15(24(25,26)27)12-20(34)18-4-5-19-22(29-18)33(16-7-9-32(19)14-16)23(35)30-21-13-17(6-8-28-21)36-11-10-31(2)3/h4-6,8,13,15-16H,7,9-12,14H2,1-3H3,(H,28,30,35)/t15-,16-/m0/s1. The highest BCUT2D eigenvalue weighted by atomic mass is 19.4. The number of carbonyl (C=O) groups excluding carboxylic acids is 2. The topological polar surface area (TPSA) is 90.9 Å². The van der Waals surface area contributed by atoms with Crippen molar-refractivity contribution in [2.24, 2.45) is 5.92 Å². The number of halogens is 3. The van der Waals surface area contributed by atoms with Crippen molar-refractivity contribution in [3.05, 3.63) is 36.2 Å². The van der Waals surface area contributed by atoms with E-state index in [2.05, 4.69) is 20.2 Å². The van der Waals surface area contributed by atoms with Crippen molar-refractivity contribution in [3.63, 3.8) is 0 Å². The fourth-order valence-corrected chi connectivity index (χ4v) is 4.21. The summed E-state index contributed by atoms with van der Waals surface area (Å²) in [5.74, 6) is -1.42. The van der Waals surface area contributed by atoms with Crippen LogP contribution in [0.2, 0.25) is 0 Å². The summed E-state index contributed by atoms with van der Waals surface area (Å²) in [6, 6.07) is 5.70. The van der Waals surface area contributed by atoms with E-state index in [-0.39, 0.29) is 23.4 Å². The molecule has 2 aromatic rings. The van der Waals surface area contributed by atoms with E-state index in [0.717, 1.165) is 13.5 Å². The van der Waals surface area contributed by atoms with Crippen LogP contribution < -0.4 is 19.9 Å². The summed E-state index contributed by atoms with van der Waals surface area (Å²) >= 11 is 0. The number of nitrogens with zero attached hydrogens (tertiary/aromatic N) is 5. The predicted octanol–water partition coefficient (Wildman–Crippen LogP) is 3.82. The number of carbonyl (C=O) groups is 2. The molecule has 194 valence electrons. The number of ether oxygens (including phenoxy) is 1. The Morgan fingerprint density at radius 3 is 2.78 bits per heavy atom. The molecule has 2 amide bonds. The maximum atomic E-state index is 13.4. The first kappa shape index (κ1) is 25.7. The molecule has 0 aromatic carbocycles. The highest BCUT2D eigenvalue weighted by Gasteiger charge is 2.41. The van der Waals surface area contributed by atoms with Gasteiger partial charge in [-0.3, -0.25) is 15.0 Å². The Bertz CT molecular complexity index is 1130. The first-order chi connectivity index (χ1) is 17.0. The average molecular weight is 507 g/mol. The molecular weight excluding hydrogens is 477 g/mol. The zero-order valence-corrected chi connectivity index (χ0v) is 20.4. The summed E-state index contributed by atoms with van der Waals surface area (Å²) in [6.07, 6.45) is -2.96. The third-order valence-corrected chi connectivity index (χ3v) is 6.28. The smallest absolute Gasteiger partial charge is 0.391 e. The van der Waals surface area contributed by atoms with E-state index in [1.807, 2.05) is 19.0 Å². The van der Waals surface area contributed by atoms with Crippen molar-refractivity contribution in [2.45, 2.75) is 32.0 Å². The van der Waals surface area contributed by atoms with Crippen molar-refractivity contribution in [2.75, 3.05) is 55.5 Å². The molecule has 0 unspecified atom stereocenters. The summed E-state index contributed by atoms with van der Waals surface area (Å²) in [5, 5.41) is 2.77. The molecule has 4 heterocycles. The third-order valence-electron chi connectivity index (χ3n) is 6.28. The first-order valence-electron chi connectivity index (χ1n) is 11.7. The number of aromatic nitrogens is 2. The number of alkyl halides is 3. The first-order valence-corrected chi connectivity index (χ1v) is 11.7. The van der Waals surface area contributed by atoms with Gasteiger partial charge in [0.25, 0.3) is 0 Å². The largest absolute Gasteiger partial charge is 0.492 e. The lowest BCUT2D eigenvalue weighted by Gasteiger charge is -2.35. The number of amides is 2. The minimum absolute atomic E-state index is 0.0976. The van der Waals surface area contributed by atoms with Gasteiger partial charge in [0.05, 0.1) is 17.6 Å². The number of nitrogens with one attached hydrogen (secondary N) is 1. The lowest BCUT2D eigenvalue weighted by Crippen LogP contribution is -2.48. The van der Waals surface area contributed by atoms with E-state index in [1.54, 1.807) is 18.2 Å². The van der Waals surface area contributed by atoms with E-state index in [4.69, 9.17) is 4.74 Å². The number of fused-ring (bicyclic) bond motifs is 4. The van der Waals surface area contributed by atoms with Crippen molar-refractivity contribution in [3.8, 4) is 5.75 Å². The van der Waals surface area contributed by atoms with Crippen LogP contribution in [0.4, 0.5) is 35.3 Å². The molecule has 9 nitrogen and oxygen atoms in total. The monoisotopic (exact) mass is 506 g/mol. The van der Waals surface area contributed by atoms with Crippen LogP contribution in [0.1, 0.15) is 30.3 Å². The summed E-state index contributed by atoms with van der Waals surface area (Å²) in [6.45, 7) is 3.46. The van der Waals surface area contributed by atoms with E-state index in [9.17, 15) is 22.8 Å². The minimum Gasteiger partial charge on any atom is -0.492 e. The number of Topliss-reactive ketones (excluding diaryl/α,β-unsaturated/α-hetero) is 1. The highest BCUT2D eigenvalue weighted by molar-refractivity contribution is 6.05. The van der Waals surface area contributed by atoms with E-state index in [0.29, 0.717) is 37.6 Å². The summed E-state index contributed by atoms with van der Waals surface area (Å²) in [4.78, 5) is 40.0. The van der Waals surface area contributed by atoms with Gasteiger partial charge in [0.15, 0.2) is 11.6 Å². The SMILES string of the molecule is C[C@@H](CC(=O)c1ccc2c(n1)N(C(=O)Nc1cc(OCCN(C)C)ccn1)[C@H]1CCN2C1)C(F)(F)F. The lowest BCUT2D eigenvalue weighted by atomic mass is 10.0. The molecule has 36 heavy (non-hydrogen) atoms. The second-order valence-electron chi connectivity index (χ2n) is 9.33. The molecule has 2 aliphatic rings. The number of rotatable bonds is 8. The van der Waals surface area contributed by atoms with Crippen LogP contribution in [0.3, 0.4) is 0 Å². The maximum Gasteiger partial charge on any atom is 0.391 e. The molecule has 0 radical (unpaired) electrons. The molecule has 1 N–H and O–H groups in total. The molecule has 1 fully saturated rings. The third kappa shape index (κ3) is 5.69. The minimum atomic E-state index is -4.47. The number of hydrogen-bond donors (Lipinski definition) is 1. The molecule has 2 aromatic heterocycles. The van der Waals surface area contributed by atoms with Crippen LogP contribution in [-0.2, 0) is 0 Å². The van der Waals surface area contributed by atoms with Gasteiger partial charge in [0, 0.05) is 38.3 Å². The molecule has 0 aliphatic carbocycles. The Morgan fingerprint density at radius 2 is 2.06 bits per heavy atom. The second kappa shape index (κ2) is 10.3. The maximum absolute atomic E-state index is 13.4. The van der Waals surface area contributed by atoms with Crippen LogP contribution in [0.15, 0.2) is 30.5 Å². The molecule has 12 heteroatoms. The van der Waals surface area contributed by atoms with Gasteiger partial charge in [-0.1, -0.05) is 6.92 Å². The Labute approximate surface area is 207 Å². The summed E-state index contributed by atoms with van der Waals surface area (Å²) in [5.41, 5.74) is 0.563. The zero-order valence-electron chi connectivity index (χ0n) is 20.4. The van der Waals surface area contributed by atoms with Crippen LogP contribution in [-0.4, -0.2) is 79.2 Å². The number of hydrogen-bond acceptors (Lipinski definition) is 7. The second-order valence-corrected chi connectivity index (χ2v) is 9.33. The van der Waals surface area contributed by atoms with Crippen molar-refractivity contribution < 1.29 is 27.5 Å². The van der Waals surface area contributed by atoms with Crippen LogP contribution >= 0.6 is 0 Å². The summed E-state index contributed by atoms with van der Waals surface area (Å²) < 4.78 is 44.6. The normalized spacial score (nSPS) is 17.7. The molecule has 0 saturated carbocycles. The lowest BCUT2D eigenvalue weighted by molar-refractivity contribution is -0.168. The van der Waals surface area contributed by atoms with Gasteiger partial charge >= 0.3 is 12.2 Å². The molecule has 2 aliphatic heterocycles. The van der Waals surface area contributed by atoms with Gasteiger partial charge in [-0.2, -0.15) is 13.2 Å². The van der Waals surface area contributed by atoms with E-state index < -0.39 is 30.3 Å². The van der Waals surface area contributed by atoms with Gasteiger partial charge in [0.2, 0.25) is 0 Å². The quantitative estimate of drug-likeness (QED) is 0.545. The van der Waals surface area contributed by atoms with Crippen molar-refractivity contribution in [1.29, 1.82) is 0 Å². The molecule has 0 spiro atoms. The van der Waals surface area contributed by atoms with Gasteiger partial charge in [-0.15, -0.1) is 0 Å².